The normalized spacial score (nSPS) is 13.7. The van der Waals surface area contributed by atoms with E-state index in [4.69, 9.17) is 9.47 Å². The quantitative estimate of drug-likeness (QED) is 0.791. The van der Waals surface area contributed by atoms with Gasteiger partial charge in [0.15, 0.2) is 0 Å². The molecular formula is C18H30O2. The summed E-state index contributed by atoms with van der Waals surface area (Å²) in [5, 5.41) is 0. The van der Waals surface area contributed by atoms with Crippen molar-refractivity contribution in [3.05, 3.63) is 34.9 Å². The van der Waals surface area contributed by atoms with Crippen LogP contribution in [0.15, 0.2) is 18.2 Å². The summed E-state index contributed by atoms with van der Waals surface area (Å²) in [4.78, 5) is 0. The van der Waals surface area contributed by atoms with Gasteiger partial charge in [0.1, 0.15) is 0 Å². The third-order valence-electron chi connectivity index (χ3n) is 4.20. The highest BCUT2D eigenvalue weighted by Gasteiger charge is 2.32. The van der Waals surface area contributed by atoms with Crippen LogP contribution in [0.25, 0.3) is 0 Å². The zero-order valence-electron chi connectivity index (χ0n) is 14.5. The van der Waals surface area contributed by atoms with Crippen LogP contribution in [0.3, 0.4) is 0 Å². The van der Waals surface area contributed by atoms with Gasteiger partial charge in [-0.25, -0.2) is 0 Å². The van der Waals surface area contributed by atoms with E-state index in [1.165, 1.54) is 16.7 Å². The molecule has 0 spiro atoms. The molecule has 0 saturated heterocycles. The fraction of sp³-hybridized carbons (Fsp3) is 0.667. The Morgan fingerprint density at radius 2 is 1.15 bits per heavy atom. The summed E-state index contributed by atoms with van der Waals surface area (Å²) in [5.41, 5.74) is 3.13. The van der Waals surface area contributed by atoms with Gasteiger partial charge >= 0.3 is 0 Å². The standard InChI is InChI=1S/C18H30O2/c1-16(2,3)13-10-11-14(17(4,5)19-8)15(12-13)18(6,7)20-9/h10-12H,1-9H3. The predicted molar refractivity (Wildman–Crippen MR) is 85.2 cm³/mol. The monoisotopic (exact) mass is 278 g/mol. The first-order valence-electron chi connectivity index (χ1n) is 7.21. The molecule has 0 fully saturated rings. The molecule has 0 aromatic heterocycles. The molecule has 114 valence electrons. The molecule has 20 heavy (non-hydrogen) atoms. The van der Waals surface area contributed by atoms with Gasteiger partial charge in [0, 0.05) is 14.2 Å². The van der Waals surface area contributed by atoms with E-state index in [1.54, 1.807) is 14.2 Å². The highest BCUT2D eigenvalue weighted by Crippen LogP contribution is 2.37. The van der Waals surface area contributed by atoms with Crippen molar-refractivity contribution in [3.63, 3.8) is 0 Å². The summed E-state index contributed by atoms with van der Waals surface area (Å²) in [5.74, 6) is 0. The van der Waals surface area contributed by atoms with Crippen molar-refractivity contribution in [2.45, 2.75) is 65.1 Å². The Kier molecular flexibility index (Phi) is 4.72. The lowest BCUT2D eigenvalue weighted by Gasteiger charge is -2.34. The van der Waals surface area contributed by atoms with Crippen molar-refractivity contribution in [3.8, 4) is 0 Å². The van der Waals surface area contributed by atoms with Crippen molar-refractivity contribution < 1.29 is 9.47 Å². The Balaban J connectivity index is 3.55. The largest absolute Gasteiger partial charge is 0.374 e. The Morgan fingerprint density at radius 1 is 0.700 bits per heavy atom. The van der Waals surface area contributed by atoms with Gasteiger partial charge in [-0.15, -0.1) is 0 Å². The average Bonchev–Trinajstić information content (AvgIpc) is 2.37. The van der Waals surface area contributed by atoms with Crippen LogP contribution in [0, 0.1) is 0 Å². The maximum Gasteiger partial charge on any atom is 0.0875 e. The third kappa shape index (κ3) is 3.42. The Hall–Kier alpha value is -0.860. The molecule has 1 aromatic carbocycles. The molecule has 0 aliphatic heterocycles. The van der Waals surface area contributed by atoms with Crippen molar-refractivity contribution in [2.75, 3.05) is 14.2 Å². The number of rotatable bonds is 4. The molecule has 0 aliphatic rings. The van der Waals surface area contributed by atoms with Crippen LogP contribution in [-0.4, -0.2) is 14.2 Å². The minimum absolute atomic E-state index is 0.119. The molecule has 0 unspecified atom stereocenters. The fourth-order valence-corrected chi connectivity index (χ4v) is 2.25. The van der Waals surface area contributed by atoms with E-state index in [9.17, 15) is 0 Å². The van der Waals surface area contributed by atoms with Gasteiger partial charge in [-0.2, -0.15) is 0 Å². The molecule has 2 nitrogen and oxygen atoms in total. The van der Waals surface area contributed by atoms with E-state index < -0.39 is 0 Å². The maximum absolute atomic E-state index is 5.72. The van der Waals surface area contributed by atoms with Gasteiger partial charge in [-0.05, 0) is 49.8 Å². The van der Waals surface area contributed by atoms with Gasteiger partial charge in [-0.1, -0.05) is 39.0 Å². The smallest absolute Gasteiger partial charge is 0.0875 e. The van der Waals surface area contributed by atoms with Crippen molar-refractivity contribution in [2.24, 2.45) is 0 Å². The van der Waals surface area contributed by atoms with E-state index in [1.807, 2.05) is 0 Å². The van der Waals surface area contributed by atoms with E-state index in [0.717, 1.165) is 0 Å². The summed E-state index contributed by atoms with van der Waals surface area (Å²) >= 11 is 0. The lowest BCUT2D eigenvalue weighted by atomic mass is 9.79. The van der Waals surface area contributed by atoms with E-state index in [2.05, 4.69) is 66.7 Å². The molecule has 0 saturated carbocycles. The summed E-state index contributed by atoms with van der Waals surface area (Å²) in [6.45, 7) is 15.1. The second-order valence-corrected chi connectivity index (χ2v) is 7.44. The van der Waals surface area contributed by atoms with E-state index >= 15 is 0 Å². The van der Waals surface area contributed by atoms with Crippen molar-refractivity contribution in [1.29, 1.82) is 0 Å². The minimum atomic E-state index is -0.341. The fourth-order valence-electron chi connectivity index (χ4n) is 2.25. The summed E-state index contributed by atoms with van der Waals surface area (Å²) < 4.78 is 11.4. The number of hydrogen-bond donors (Lipinski definition) is 0. The molecule has 0 aliphatic carbocycles. The Bertz CT molecular complexity index is 465. The van der Waals surface area contributed by atoms with E-state index in [0.29, 0.717) is 0 Å². The zero-order valence-corrected chi connectivity index (χ0v) is 14.5. The van der Waals surface area contributed by atoms with Gasteiger partial charge in [0.25, 0.3) is 0 Å². The first kappa shape index (κ1) is 17.2. The minimum Gasteiger partial charge on any atom is -0.374 e. The van der Waals surface area contributed by atoms with Crippen molar-refractivity contribution in [1.82, 2.24) is 0 Å². The summed E-state index contributed by atoms with van der Waals surface area (Å²) in [6, 6.07) is 6.64. The van der Waals surface area contributed by atoms with Crippen LogP contribution in [0.4, 0.5) is 0 Å². The lowest BCUT2D eigenvalue weighted by Crippen LogP contribution is -2.29. The van der Waals surface area contributed by atoms with Gasteiger partial charge in [0.2, 0.25) is 0 Å². The van der Waals surface area contributed by atoms with Gasteiger partial charge in [-0.3, -0.25) is 0 Å². The van der Waals surface area contributed by atoms with Crippen LogP contribution in [0.2, 0.25) is 0 Å². The average molecular weight is 278 g/mol. The second kappa shape index (κ2) is 5.50. The van der Waals surface area contributed by atoms with Crippen LogP contribution < -0.4 is 0 Å². The summed E-state index contributed by atoms with van der Waals surface area (Å²) in [7, 11) is 3.51. The molecule has 0 radical (unpaired) electrons. The first-order chi connectivity index (χ1) is 8.95. The zero-order chi connectivity index (χ0) is 15.8. The Morgan fingerprint density at radius 3 is 1.55 bits per heavy atom. The number of methoxy groups -OCH3 is 2. The maximum atomic E-state index is 5.72. The number of ether oxygens (including phenoxy) is 2. The number of hydrogen-bond acceptors (Lipinski definition) is 2. The molecule has 0 heterocycles. The van der Waals surface area contributed by atoms with Crippen LogP contribution in [-0.2, 0) is 26.1 Å². The summed E-state index contributed by atoms with van der Waals surface area (Å²) in [6.07, 6.45) is 0. The first-order valence-corrected chi connectivity index (χ1v) is 7.21. The molecule has 0 N–H and O–H groups in total. The molecule has 1 rings (SSSR count). The number of benzene rings is 1. The molecule has 0 amide bonds. The highest BCUT2D eigenvalue weighted by molar-refractivity contribution is 5.41. The topological polar surface area (TPSA) is 18.5 Å². The van der Waals surface area contributed by atoms with E-state index in [-0.39, 0.29) is 16.6 Å². The molecule has 0 bridgehead atoms. The second-order valence-electron chi connectivity index (χ2n) is 7.44. The van der Waals surface area contributed by atoms with Crippen molar-refractivity contribution >= 4 is 0 Å². The lowest BCUT2D eigenvalue weighted by molar-refractivity contribution is -0.00262. The third-order valence-corrected chi connectivity index (χ3v) is 4.20. The predicted octanol–water partition coefficient (Wildman–Crippen LogP) is 4.75. The molecule has 1 aromatic rings. The SMILES string of the molecule is COC(C)(C)c1ccc(C(C)(C)C)cc1C(C)(C)OC. The van der Waals surface area contributed by atoms with Gasteiger partial charge < -0.3 is 9.47 Å². The van der Waals surface area contributed by atoms with Crippen LogP contribution >= 0.6 is 0 Å². The van der Waals surface area contributed by atoms with Crippen LogP contribution in [0.1, 0.15) is 65.2 Å². The Labute approximate surface area is 124 Å². The highest BCUT2D eigenvalue weighted by atomic mass is 16.5. The molecule has 0 atom stereocenters. The molecular weight excluding hydrogens is 248 g/mol. The molecule has 2 heteroatoms. The van der Waals surface area contributed by atoms with Gasteiger partial charge in [0.05, 0.1) is 11.2 Å². The van der Waals surface area contributed by atoms with Crippen LogP contribution in [0.5, 0.6) is 0 Å².